The topological polar surface area (TPSA) is 60.8 Å². The molecule has 0 radical (unpaired) electrons. The molecule has 5 nitrogen and oxygen atoms in total. The second-order valence-corrected chi connectivity index (χ2v) is 1.77. The van der Waals surface area contributed by atoms with Gasteiger partial charge in [-0.05, 0) is 0 Å². The number of aliphatic imine (C=N–C) groups is 2. The molecule has 5 heteroatoms. The Kier molecular flexibility index (Phi) is 4.89. The monoisotopic (exact) mass is 157 g/mol. The molecule has 0 fully saturated rings. The predicted molar refractivity (Wildman–Crippen MR) is 48.0 cm³/mol. The fourth-order valence-electron chi connectivity index (χ4n) is 0.573. The van der Waals surface area contributed by atoms with E-state index >= 15 is 0 Å². The molecule has 0 aromatic carbocycles. The maximum absolute atomic E-state index is 3.92. The maximum atomic E-state index is 3.92. The number of hydrogen-bond donors (Lipinski definition) is 3. The Hall–Kier alpha value is -1.26. The van der Waals surface area contributed by atoms with Crippen LogP contribution in [-0.4, -0.2) is 40.1 Å². The van der Waals surface area contributed by atoms with Crippen molar-refractivity contribution in [3.8, 4) is 0 Å². The summed E-state index contributed by atoms with van der Waals surface area (Å²) in [5, 5.41) is 8.67. The lowest BCUT2D eigenvalue weighted by Gasteiger charge is -2.09. The highest BCUT2D eigenvalue weighted by molar-refractivity contribution is 5.98. The molecular formula is C6H15N5. The number of guanidine groups is 2. The molecule has 11 heavy (non-hydrogen) atoms. The number of nitrogens with one attached hydrogen (secondary N) is 3. The Labute approximate surface area is 67.0 Å². The second kappa shape index (κ2) is 5.52. The minimum atomic E-state index is 0.681. The van der Waals surface area contributed by atoms with Crippen LogP contribution in [0.15, 0.2) is 9.98 Å². The van der Waals surface area contributed by atoms with Crippen molar-refractivity contribution in [1.29, 1.82) is 0 Å². The van der Waals surface area contributed by atoms with E-state index in [4.69, 9.17) is 0 Å². The van der Waals surface area contributed by atoms with Gasteiger partial charge in [0.15, 0.2) is 11.9 Å². The molecule has 3 N–H and O–H groups in total. The molecule has 0 rings (SSSR count). The van der Waals surface area contributed by atoms with E-state index in [0.29, 0.717) is 11.9 Å². The van der Waals surface area contributed by atoms with Gasteiger partial charge < -0.3 is 10.6 Å². The average molecular weight is 157 g/mol. The van der Waals surface area contributed by atoms with Gasteiger partial charge in [-0.2, -0.15) is 0 Å². The van der Waals surface area contributed by atoms with Crippen LogP contribution in [0.4, 0.5) is 0 Å². The molecule has 0 saturated heterocycles. The number of nitrogens with zero attached hydrogens (tertiary/aromatic N) is 2. The summed E-state index contributed by atoms with van der Waals surface area (Å²) in [6, 6.07) is 0. The minimum absolute atomic E-state index is 0.681. The first-order valence-electron chi connectivity index (χ1n) is 3.34. The zero-order chi connectivity index (χ0) is 8.69. The molecule has 0 spiro atoms. The summed E-state index contributed by atoms with van der Waals surface area (Å²) in [4.78, 5) is 7.83. The predicted octanol–water partition coefficient (Wildman–Crippen LogP) is -1.01. The van der Waals surface area contributed by atoms with Crippen LogP contribution in [0.5, 0.6) is 0 Å². The lowest BCUT2D eigenvalue weighted by molar-refractivity contribution is 1.01. The van der Waals surface area contributed by atoms with Gasteiger partial charge in [0.25, 0.3) is 0 Å². The lowest BCUT2D eigenvalue weighted by atomic mass is 10.8. The molecule has 0 atom stereocenters. The summed E-state index contributed by atoms with van der Waals surface area (Å²) in [6.07, 6.45) is 0. The van der Waals surface area contributed by atoms with Crippen LogP contribution in [0, 0.1) is 0 Å². The van der Waals surface area contributed by atoms with Gasteiger partial charge in [0, 0.05) is 28.2 Å². The van der Waals surface area contributed by atoms with E-state index in [1.807, 2.05) is 0 Å². The third kappa shape index (κ3) is 3.44. The van der Waals surface area contributed by atoms with Gasteiger partial charge >= 0.3 is 0 Å². The van der Waals surface area contributed by atoms with E-state index < -0.39 is 0 Å². The summed E-state index contributed by atoms with van der Waals surface area (Å²) in [5.41, 5.74) is 0. The zero-order valence-corrected chi connectivity index (χ0v) is 7.39. The van der Waals surface area contributed by atoms with Crippen LogP contribution in [0.1, 0.15) is 0 Å². The van der Waals surface area contributed by atoms with E-state index in [0.717, 1.165) is 0 Å². The van der Waals surface area contributed by atoms with Crippen LogP contribution in [0.2, 0.25) is 0 Å². The molecule has 0 saturated carbocycles. The summed E-state index contributed by atoms with van der Waals surface area (Å²) < 4.78 is 0. The summed E-state index contributed by atoms with van der Waals surface area (Å²) >= 11 is 0. The highest BCUT2D eigenvalue weighted by atomic mass is 15.2. The quantitative estimate of drug-likeness (QED) is 0.312. The van der Waals surface area contributed by atoms with Crippen molar-refractivity contribution in [3.63, 3.8) is 0 Å². The third-order valence-corrected chi connectivity index (χ3v) is 1.16. The van der Waals surface area contributed by atoms with Gasteiger partial charge in [0.05, 0.1) is 0 Å². The molecule has 0 aliphatic carbocycles. The van der Waals surface area contributed by atoms with Crippen molar-refractivity contribution in [2.45, 2.75) is 0 Å². The molecule has 0 bridgehead atoms. The van der Waals surface area contributed by atoms with Gasteiger partial charge in [-0.1, -0.05) is 0 Å². The van der Waals surface area contributed by atoms with E-state index in [1.54, 1.807) is 28.2 Å². The normalized spacial score (nSPS) is 12.7. The first kappa shape index (κ1) is 9.74. The summed E-state index contributed by atoms with van der Waals surface area (Å²) in [6.45, 7) is 0. The van der Waals surface area contributed by atoms with Crippen LogP contribution < -0.4 is 16.0 Å². The lowest BCUT2D eigenvalue weighted by Crippen LogP contribution is -2.44. The van der Waals surface area contributed by atoms with Crippen molar-refractivity contribution >= 4 is 11.9 Å². The molecule has 0 aliphatic rings. The number of rotatable bonds is 0. The summed E-state index contributed by atoms with van der Waals surface area (Å²) in [5.74, 6) is 1.36. The smallest absolute Gasteiger partial charge is 0.197 e. The van der Waals surface area contributed by atoms with Gasteiger partial charge in [-0.25, -0.2) is 0 Å². The molecule has 0 aromatic rings. The van der Waals surface area contributed by atoms with Crippen LogP contribution in [-0.2, 0) is 0 Å². The zero-order valence-electron chi connectivity index (χ0n) is 7.39. The molecule has 0 unspecified atom stereocenters. The van der Waals surface area contributed by atoms with Crippen molar-refractivity contribution in [2.75, 3.05) is 28.2 Å². The van der Waals surface area contributed by atoms with E-state index in [2.05, 4.69) is 25.9 Å². The molecule has 0 aliphatic heterocycles. The summed E-state index contributed by atoms with van der Waals surface area (Å²) in [7, 11) is 6.97. The van der Waals surface area contributed by atoms with Crippen molar-refractivity contribution in [3.05, 3.63) is 0 Å². The van der Waals surface area contributed by atoms with Crippen LogP contribution in [0.3, 0.4) is 0 Å². The largest absolute Gasteiger partial charge is 0.359 e. The van der Waals surface area contributed by atoms with Crippen molar-refractivity contribution in [2.24, 2.45) is 9.98 Å². The van der Waals surface area contributed by atoms with Gasteiger partial charge in [-0.15, -0.1) is 0 Å². The average Bonchev–Trinajstić information content (AvgIpc) is 2.07. The van der Waals surface area contributed by atoms with Crippen LogP contribution >= 0.6 is 0 Å². The molecule has 64 valence electrons. The Morgan fingerprint density at radius 2 is 1.27 bits per heavy atom. The fraction of sp³-hybridized carbons (Fsp3) is 0.667. The standard InChI is InChI=1S/C6H15N5/c1-7-5(8-2)11-6(9-3)10-4/h1-4H3,(H3,7,8,9,10,11). The fourth-order valence-corrected chi connectivity index (χ4v) is 0.573. The second-order valence-electron chi connectivity index (χ2n) is 1.77. The van der Waals surface area contributed by atoms with Crippen molar-refractivity contribution in [1.82, 2.24) is 16.0 Å². The first-order chi connectivity index (χ1) is 5.28. The maximum Gasteiger partial charge on any atom is 0.197 e. The molecule has 0 heterocycles. The van der Waals surface area contributed by atoms with Gasteiger partial charge in [0.2, 0.25) is 0 Å². The molecule has 0 amide bonds. The molecule has 0 aromatic heterocycles. The minimum Gasteiger partial charge on any atom is -0.359 e. The SMILES string of the molecule is CN=C(NC)NC(=NC)NC. The van der Waals surface area contributed by atoms with Gasteiger partial charge in [-0.3, -0.25) is 15.3 Å². The Bertz CT molecular complexity index is 142. The number of hydrogen-bond acceptors (Lipinski definition) is 2. The van der Waals surface area contributed by atoms with Crippen LogP contribution in [0.25, 0.3) is 0 Å². The Morgan fingerprint density at radius 3 is 1.45 bits per heavy atom. The van der Waals surface area contributed by atoms with E-state index in [-0.39, 0.29) is 0 Å². The van der Waals surface area contributed by atoms with E-state index in [1.165, 1.54) is 0 Å². The first-order valence-corrected chi connectivity index (χ1v) is 3.34. The molecular weight excluding hydrogens is 142 g/mol. The van der Waals surface area contributed by atoms with Gasteiger partial charge in [0.1, 0.15) is 0 Å². The highest BCUT2D eigenvalue weighted by Gasteiger charge is 1.95. The van der Waals surface area contributed by atoms with Crippen molar-refractivity contribution < 1.29 is 0 Å². The Morgan fingerprint density at radius 1 is 0.909 bits per heavy atom. The Balaban J connectivity index is 4.00. The third-order valence-electron chi connectivity index (χ3n) is 1.16. The highest BCUT2D eigenvalue weighted by Crippen LogP contribution is 1.66. The van der Waals surface area contributed by atoms with E-state index in [9.17, 15) is 0 Å².